The molecule has 0 unspecified atom stereocenters. The maximum Gasteiger partial charge on any atom is 0.310 e. The second kappa shape index (κ2) is 6.75. The third-order valence-corrected chi connectivity index (χ3v) is 3.49. The van der Waals surface area contributed by atoms with Gasteiger partial charge < -0.3 is 9.64 Å². The summed E-state index contributed by atoms with van der Waals surface area (Å²) in [7, 11) is 1.31. The van der Waals surface area contributed by atoms with Crippen LogP contribution >= 0.6 is 13.5 Å². The molecule has 0 bridgehead atoms. The predicted molar refractivity (Wildman–Crippen MR) is 80.5 cm³/mol. The molecule has 0 spiro atoms. The number of benzene rings is 1. The van der Waals surface area contributed by atoms with Crippen molar-refractivity contribution in [3.63, 3.8) is 0 Å². The van der Waals surface area contributed by atoms with Crippen molar-refractivity contribution in [1.82, 2.24) is 0 Å². The number of nitrogens with zero attached hydrogens (tertiary/aromatic N) is 2. The number of esters is 1. The first-order chi connectivity index (χ1) is 9.43. The SMILES string of the molecule is COC(=O)[C@H]1CCN(c2cc(F)cc(C)c2[N+](=O)[O-])C1.S. The molecule has 0 aromatic heterocycles. The van der Waals surface area contributed by atoms with Gasteiger partial charge in [0.15, 0.2) is 0 Å². The van der Waals surface area contributed by atoms with Crippen LogP contribution in [0.2, 0.25) is 0 Å². The van der Waals surface area contributed by atoms with Crippen LogP contribution < -0.4 is 4.90 Å². The molecule has 6 nitrogen and oxygen atoms in total. The Morgan fingerprint density at radius 2 is 2.19 bits per heavy atom. The number of aryl methyl sites for hydroxylation is 1. The van der Waals surface area contributed by atoms with Crippen molar-refractivity contribution in [2.24, 2.45) is 5.92 Å². The van der Waals surface area contributed by atoms with Gasteiger partial charge in [-0.2, -0.15) is 13.5 Å². The molecule has 1 atom stereocenters. The zero-order valence-electron chi connectivity index (χ0n) is 11.8. The first kappa shape index (κ1) is 17.2. The first-order valence-corrected chi connectivity index (χ1v) is 6.21. The fourth-order valence-corrected chi connectivity index (χ4v) is 2.53. The van der Waals surface area contributed by atoms with E-state index in [-0.39, 0.29) is 42.3 Å². The van der Waals surface area contributed by atoms with Gasteiger partial charge >= 0.3 is 5.97 Å². The van der Waals surface area contributed by atoms with Gasteiger partial charge in [0.2, 0.25) is 0 Å². The second-order valence-corrected chi connectivity index (χ2v) is 4.80. The van der Waals surface area contributed by atoms with Crippen LogP contribution in [-0.4, -0.2) is 31.1 Å². The van der Waals surface area contributed by atoms with Gasteiger partial charge in [0.25, 0.3) is 5.69 Å². The van der Waals surface area contributed by atoms with Crippen LogP contribution in [0, 0.1) is 28.8 Å². The number of ether oxygens (including phenoxy) is 1. The summed E-state index contributed by atoms with van der Waals surface area (Å²) < 4.78 is 18.2. The minimum Gasteiger partial charge on any atom is -0.469 e. The molecule has 1 heterocycles. The maximum atomic E-state index is 13.5. The number of nitro benzene ring substituents is 1. The number of carbonyl (C=O) groups excluding carboxylic acids is 1. The van der Waals surface area contributed by atoms with Gasteiger partial charge in [0.05, 0.1) is 18.0 Å². The summed E-state index contributed by atoms with van der Waals surface area (Å²) in [6.45, 7) is 2.26. The molecule has 0 amide bonds. The second-order valence-electron chi connectivity index (χ2n) is 4.80. The fourth-order valence-electron chi connectivity index (χ4n) is 2.53. The summed E-state index contributed by atoms with van der Waals surface area (Å²) in [4.78, 5) is 23.8. The highest BCUT2D eigenvalue weighted by Gasteiger charge is 2.33. The number of anilines is 1. The van der Waals surface area contributed by atoms with Crippen molar-refractivity contribution in [1.29, 1.82) is 0 Å². The molecule has 21 heavy (non-hydrogen) atoms. The van der Waals surface area contributed by atoms with E-state index in [0.29, 0.717) is 19.5 Å². The molecule has 1 aromatic rings. The number of rotatable bonds is 3. The van der Waals surface area contributed by atoms with Gasteiger partial charge in [-0.05, 0) is 19.4 Å². The lowest BCUT2D eigenvalue weighted by Gasteiger charge is -2.19. The van der Waals surface area contributed by atoms with Crippen LogP contribution in [0.25, 0.3) is 0 Å². The van der Waals surface area contributed by atoms with Crippen LogP contribution in [0.3, 0.4) is 0 Å². The number of hydrogen-bond donors (Lipinski definition) is 0. The van der Waals surface area contributed by atoms with Crippen LogP contribution in [0.5, 0.6) is 0 Å². The Morgan fingerprint density at radius 3 is 2.76 bits per heavy atom. The van der Waals surface area contributed by atoms with Gasteiger partial charge in [-0.25, -0.2) is 4.39 Å². The molecule has 0 aliphatic carbocycles. The molecule has 1 aliphatic rings. The molecule has 116 valence electrons. The highest BCUT2D eigenvalue weighted by molar-refractivity contribution is 7.59. The van der Waals surface area contributed by atoms with Crippen molar-refractivity contribution in [2.75, 3.05) is 25.1 Å². The number of nitro groups is 1. The largest absolute Gasteiger partial charge is 0.469 e. The summed E-state index contributed by atoms with van der Waals surface area (Å²) in [5, 5.41) is 11.1. The third kappa shape index (κ3) is 3.44. The summed E-state index contributed by atoms with van der Waals surface area (Å²) >= 11 is 0. The van der Waals surface area contributed by atoms with Crippen LogP contribution in [0.4, 0.5) is 15.8 Å². The third-order valence-electron chi connectivity index (χ3n) is 3.49. The van der Waals surface area contributed by atoms with Crippen molar-refractivity contribution in [2.45, 2.75) is 13.3 Å². The Kier molecular flexibility index (Phi) is 5.54. The van der Waals surface area contributed by atoms with Crippen molar-refractivity contribution in [3.05, 3.63) is 33.6 Å². The van der Waals surface area contributed by atoms with Crippen molar-refractivity contribution in [3.8, 4) is 0 Å². The van der Waals surface area contributed by atoms with E-state index in [1.807, 2.05) is 0 Å². The topological polar surface area (TPSA) is 72.7 Å². The lowest BCUT2D eigenvalue weighted by atomic mass is 10.1. The normalized spacial score (nSPS) is 17.3. The van der Waals surface area contributed by atoms with E-state index in [0.717, 1.165) is 12.1 Å². The lowest BCUT2D eigenvalue weighted by molar-refractivity contribution is -0.384. The van der Waals surface area contributed by atoms with Crippen LogP contribution in [-0.2, 0) is 9.53 Å². The van der Waals surface area contributed by atoms with Gasteiger partial charge in [0, 0.05) is 24.7 Å². The molecule has 8 heteroatoms. The first-order valence-electron chi connectivity index (χ1n) is 6.21. The van der Waals surface area contributed by atoms with Crippen molar-refractivity contribution >= 4 is 30.8 Å². The highest BCUT2D eigenvalue weighted by Crippen LogP contribution is 2.35. The predicted octanol–water partition coefficient (Wildman–Crippen LogP) is 2.15. The minimum absolute atomic E-state index is 0. The van der Waals surface area contributed by atoms with Crippen molar-refractivity contribution < 1.29 is 18.8 Å². The van der Waals surface area contributed by atoms with Gasteiger partial charge in [-0.3, -0.25) is 14.9 Å². The molecule has 1 saturated heterocycles. The van der Waals surface area contributed by atoms with E-state index in [1.165, 1.54) is 14.0 Å². The maximum absolute atomic E-state index is 13.5. The lowest BCUT2D eigenvalue weighted by Crippen LogP contribution is -2.24. The van der Waals surface area contributed by atoms with Gasteiger partial charge in [-0.1, -0.05) is 0 Å². The van der Waals surface area contributed by atoms with E-state index >= 15 is 0 Å². The molecule has 0 radical (unpaired) electrons. The number of hydrogen-bond acceptors (Lipinski definition) is 5. The van der Waals surface area contributed by atoms with Crippen LogP contribution in [0.1, 0.15) is 12.0 Å². The molecule has 1 aliphatic heterocycles. The Hall–Kier alpha value is -1.83. The number of methoxy groups -OCH3 is 1. The summed E-state index contributed by atoms with van der Waals surface area (Å²) in [5.74, 6) is -1.20. The Balaban J connectivity index is 0.00000220. The molecule has 0 N–H and O–H groups in total. The zero-order chi connectivity index (χ0) is 14.9. The molecule has 2 rings (SSSR count). The quantitative estimate of drug-likeness (QED) is 0.485. The highest BCUT2D eigenvalue weighted by atomic mass is 32.1. The molecular formula is C13H17FN2O4S. The zero-order valence-corrected chi connectivity index (χ0v) is 12.8. The number of carbonyl (C=O) groups is 1. The fraction of sp³-hybridized carbons (Fsp3) is 0.462. The monoisotopic (exact) mass is 316 g/mol. The molecular weight excluding hydrogens is 299 g/mol. The van der Waals surface area contributed by atoms with Crippen LogP contribution in [0.15, 0.2) is 12.1 Å². The molecule has 0 saturated carbocycles. The van der Waals surface area contributed by atoms with E-state index in [9.17, 15) is 19.3 Å². The molecule has 1 aromatic carbocycles. The standard InChI is InChI=1S/C13H15FN2O4.H2S/c1-8-5-10(14)6-11(12(8)16(18)19)15-4-3-9(7-15)13(17)20-2;/h5-6,9H,3-4,7H2,1-2H3;1H2/t9-;/m0./s1. The van der Waals surface area contributed by atoms with Gasteiger partial charge in [-0.15, -0.1) is 0 Å². The average molecular weight is 316 g/mol. The molecule has 1 fully saturated rings. The Bertz CT molecular complexity index is 567. The minimum atomic E-state index is -0.524. The summed E-state index contributed by atoms with van der Waals surface area (Å²) in [6, 6.07) is 2.28. The van der Waals surface area contributed by atoms with E-state index < -0.39 is 10.7 Å². The average Bonchev–Trinajstić information content (AvgIpc) is 2.85. The Labute approximate surface area is 128 Å². The van der Waals surface area contributed by atoms with E-state index in [2.05, 4.69) is 4.74 Å². The van der Waals surface area contributed by atoms with Gasteiger partial charge in [0.1, 0.15) is 11.5 Å². The number of halogens is 1. The Morgan fingerprint density at radius 1 is 1.52 bits per heavy atom. The summed E-state index contributed by atoms with van der Waals surface area (Å²) in [6.07, 6.45) is 0.541. The van der Waals surface area contributed by atoms with E-state index in [1.54, 1.807) is 4.90 Å². The van der Waals surface area contributed by atoms with E-state index in [4.69, 9.17) is 0 Å². The smallest absolute Gasteiger partial charge is 0.310 e. The summed E-state index contributed by atoms with van der Waals surface area (Å²) in [5.41, 5.74) is 0.377.